The van der Waals surface area contributed by atoms with Gasteiger partial charge in [0.25, 0.3) is 5.91 Å². The number of benzene rings is 1. The fourth-order valence-electron chi connectivity index (χ4n) is 6.39. The van der Waals surface area contributed by atoms with Crippen LogP contribution in [0.25, 0.3) is 0 Å². The Morgan fingerprint density at radius 3 is 2.58 bits per heavy atom. The molecule has 1 aromatic heterocycles. The first-order chi connectivity index (χ1) is 21.3. The van der Waals surface area contributed by atoms with Gasteiger partial charge in [-0.3, -0.25) is 35.1 Å². The van der Waals surface area contributed by atoms with Gasteiger partial charge in [0, 0.05) is 44.1 Å². The number of hydrogen-bond donors (Lipinski definition) is 2. The van der Waals surface area contributed by atoms with E-state index in [1.54, 1.807) is 32.2 Å². The molecule has 1 aromatic carbocycles. The summed E-state index contributed by atoms with van der Waals surface area (Å²) in [6.45, 7) is 5.94. The van der Waals surface area contributed by atoms with Crippen LogP contribution in [-0.2, 0) is 29.4 Å². The molecule has 0 radical (unpaired) electrons. The van der Waals surface area contributed by atoms with Gasteiger partial charge in [-0.25, -0.2) is 4.98 Å². The molecule has 0 aliphatic carbocycles. The van der Waals surface area contributed by atoms with Crippen molar-refractivity contribution in [3.05, 3.63) is 52.1 Å². The van der Waals surface area contributed by atoms with Crippen molar-refractivity contribution in [2.75, 3.05) is 49.7 Å². The summed E-state index contributed by atoms with van der Waals surface area (Å²) in [5, 5.41) is 15.2. The van der Waals surface area contributed by atoms with E-state index in [0.717, 1.165) is 38.3 Å². The minimum atomic E-state index is -4.68. The van der Waals surface area contributed by atoms with Crippen molar-refractivity contribution in [1.82, 2.24) is 14.8 Å². The summed E-state index contributed by atoms with van der Waals surface area (Å²) >= 11 is 5.88. The molecule has 0 unspecified atom stereocenters. The van der Waals surface area contributed by atoms with Crippen LogP contribution in [0.5, 0.6) is 0 Å². The highest BCUT2D eigenvalue weighted by atomic mass is 35.5. The van der Waals surface area contributed by atoms with Crippen LogP contribution in [0, 0.1) is 16.7 Å². The third kappa shape index (κ3) is 6.56. The third-order valence-corrected chi connectivity index (χ3v) is 9.13. The molecule has 14 heteroatoms. The van der Waals surface area contributed by atoms with Crippen molar-refractivity contribution in [1.29, 1.82) is 10.8 Å². The smallest absolute Gasteiger partial charge is 0.379 e. The molecule has 2 aromatic rings. The molecule has 4 heterocycles. The maximum atomic E-state index is 14.4. The predicted molar refractivity (Wildman–Crippen MR) is 166 cm³/mol. The zero-order valence-corrected chi connectivity index (χ0v) is 26.3. The minimum absolute atomic E-state index is 0.0181. The molecular formula is C31H37ClF3N7O3. The van der Waals surface area contributed by atoms with Crippen molar-refractivity contribution in [3.63, 3.8) is 0 Å². The predicted octanol–water partition coefficient (Wildman–Crippen LogP) is 5.85. The van der Waals surface area contributed by atoms with E-state index in [2.05, 4.69) is 16.8 Å². The second kappa shape index (κ2) is 12.7. The molecule has 3 aliphatic heterocycles. The number of rotatable bonds is 9. The molecule has 45 heavy (non-hydrogen) atoms. The van der Waals surface area contributed by atoms with E-state index in [1.165, 1.54) is 14.7 Å². The number of carbonyl (C=O) groups excluding carboxylic acids is 2. The lowest BCUT2D eigenvalue weighted by Crippen LogP contribution is -2.50. The highest BCUT2D eigenvalue weighted by molar-refractivity contribution is 6.66. The SMILES string of the molecule is CCN(C(=O)Cl)c1cc(C2(CC(=N)N(C)C=N)COC2)cc(N2Cc3c(cc(CN4CCC[C@H](C)C4)cc3C(F)(F)F)C2=O)n1. The molecule has 0 bridgehead atoms. The molecule has 5 rings (SSSR count). The number of amides is 2. The van der Waals surface area contributed by atoms with E-state index in [1.807, 2.05) is 0 Å². The van der Waals surface area contributed by atoms with Crippen LogP contribution in [0.1, 0.15) is 65.7 Å². The number of hydrogen-bond acceptors (Lipinski definition) is 7. The fourth-order valence-corrected chi connectivity index (χ4v) is 6.60. The van der Waals surface area contributed by atoms with E-state index in [4.69, 9.17) is 27.2 Å². The van der Waals surface area contributed by atoms with Crippen LogP contribution in [0.2, 0.25) is 0 Å². The second-order valence-corrected chi connectivity index (χ2v) is 12.6. The third-order valence-electron chi connectivity index (χ3n) is 8.93. The molecule has 2 fully saturated rings. The second-order valence-electron chi connectivity index (χ2n) is 12.2. The Balaban J connectivity index is 1.57. The molecule has 3 aliphatic rings. The number of nitrogens with zero attached hydrogens (tertiary/aromatic N) is 5. The van der Waals surface area contributed by atoms with Crippen molar-refractivity contribution in [2.45, 2.75) is 57.8 Å². The molecule has 2 amide bonds. The fraction of sp³-hybridized carbons (Fsp3) is 0.516. The van der Waals surface area contributed by atoms with Crippen LogP contribution in [-0.4, -0.2) is 78.1 Å². The van der Waals surface area contributed by atoms with Gasteiger partial charge in [-0.05, 0) is 84.8 Å². The minimum Gasteiger partial charge on any atom is -0.379 e. The summed E-state index contributed by atoms with van der Waals surface area (Å²) in [7, 11) is 1.58. The van der Waals surface area contributed by atoms with Gasteiger partial charge in [0.05, 0.1) is 31.7 Å². The summed E-state index contributed by atoms with van der Waals surface area (Å²) < 4.78 is 48.9. The van der Waals surface area contributed by atoms with Crippen LogP contribution in [0.3, 0.4) is 0 Å². The lowest BCUT2D eigenvalue weighted by atomic mass is 9.75. The highest BCUT2D eigenvalue weighted by Gasteiger charge is 2.45. The number of carbonyl (C=O) groups is 2. The summed E-state index contributed by atoms with van der Waals surface area (Å²) in [6, 6.07) is 5.97. The quantitative estimate of drug-likeness (QED) is 0.153. The van der Waals surface area contributed by atoms with E-state index in [0.29, 0.717) is 23.6 Å². The van der Waals surface area contributed by atoms with Crippen LogP contribution in [0.15, 0.2) is 24.3 Å². The number of fused-ring (bicyclic) bond motifs is 1. The summed E-state index contributed by atoms with van der Waals surface area (Å²) in [6.07, 6.45) is -1.44. The van der Waals surface area contributed by atoms with Crippen LogP contribution < -0.4 is 9.80 Å². The summed E-state index contributed by atoms with van der Waals surface area (Å²) in [5.74, 6) is 0.168. The van der Waals surface area contributed by atoms with Gasteiger partial charge in [-0.1, -0.05) is 6.92 Å². The number of alkyl halides is 3. The highest BCUT2D eigenvalue weighted by Crippen LogP contribution is 2.43. The number of piperidine rings is 1. The van der Waals surface area contributed by atoms with Gasteiger partial charge >= 0.3 is 11.5 Å². The van der Waals surface area contributed by atoms with Gasteiger partial charge in [0.1, 0.15) is 17.5 Å². The number of halogens is 4. The lowest BCUT2D eigenvalue weighted by molar-refractivity contribution is -0.138. The molecule has 0 saturated carbocycles. The van der Waals surface area contributed by atoms with E-state index >= 15 is 0 Å². The topological polar surface area (TPSA) is 117 Å². The van der Waals surface area contributed by atoms with Gasteiger partial charge in [-0.2, -0.15) is 13.2 Å². The zero-order chi connectivity index (χ0) is 32.7. The summed E-state index contributed by atoms with van der Waals surface area (Å²) in [5.41, 5.74) is -0.707. The molecule has 242 valence electrons. The molecule has 2 N–H and O–H groups in total. The molecule has 0 spiro atoms. The first-order valence-corrected chi connectivity index (χ1v) is 15.3. The Hall–Kier alpha value is -3.55. The van der Waals surface area contributed by atoms with E-state index < -0.39 is 28.4 Å². The monoisotopic (exact) mass is 647 g/mol. The zero-order valence-electron chi connectivity index (χ0n) is 25.5. The maximum Gasteiger partial charge on any atom is 0.416 e. The van der Waals surface area contributed by atoms with Crippen molar-refractivity contribution in [2.24, 2.45) is 5.92 Å². The van der Waals surface area contributed by atoms with E-state index in [-0.39, 0.29) is 61.3 Å². The number of anilines is 2. The van der Waals surface area contributed by atoms with Crippen LogP contribution in [0.4, 0.5) is 29.6 Å². The molecular weight excluding hydrogens is 611 g/mol. The number of aromatic nitrogens is 1. The van der Waals surface area contributed by atoms with Gasteiger partial charge in [-0.15, -0.1) is 0 Å². The standard InChI is InChI=1S/C31H37ClF3N7O3/c1-4-41(29(32)44)26-10-21(30(16-45-17-30)12-25(37)39(3)18-36)11-27(38-26)42-15-23-22(28(42)43)8-20(9-24(23)31(33,34)35)14-40-7-5-6-19(2)13-40/h8-11,18-19,36-37H,4-7,12-17H2,1-3H3/t19-/m0/s1. The molecule has 10 nitrogen and oxygen atoms in total. The Bertz CT molecular complexity index is 1510. The van der Waals surface area contributed by atoms with Crippen LogP contribution >= 0.6 is 11.6 Å². The average Bonchev–Trinajstić information content (AvgIpc) is 3.29. The van der Waals surface area contributed by atoms with Crippen molar-refractivity contribution < 1.29 is 27.5 Å². The van der Waals surface area contributed by atoms with Crippen molar-refractivity contribution in [3.8, 4) is 0 Å². The largest absolute Gasteiger partial charge is 0.416 e. The maximum absolute atomic E-state index is 14.4. The Labute approximate surface area is 265 Å². The number of amidine groups is 1. The first kappa shape index (κ1) is 32.8. The number of likely N-dealkylation sites (tertiary alicyclic amines) is 1. The Morgan fingerprint density at radius 1 is 1.27 bits per heavy atom. The average molecular weight is 648 g/mol. The lowest BCUT2D eigenvalue weighted by Gasteiger charge is -2.43. The number of nitrogens with one attached hydrogen (secondary N) is 2. The first-order valence-electron chi connectivity index (χ1n) is 14.9. The normalized spacial score (nSPS) is 19.6. The molecule has 2 saturated heterocycles. The van der Waals surface area contributed by atoms with Gasteiger partial charge < -0.3 is 9.64 Å². The summed E-state index contributed by atoms with van der Waals surface area (Å²) in [4.78, 5) is 36.7. The van der Waals surface area contributed by atoms with E-state index in [9.17, 15) is 22.8 Å². The van der Waals surface area contributed by atoms with Gasteiger partial charge in [0.15, 0.2) is 0 Å². The van der Waals surface area contributed by atoms with Crippen molar-refractivity contribution >= 4 is 46.7 Å². The number of pyridine rings is 1. The molecule has 1 atom stereocenters. The Morgan fingerprint density at radius 2 is 2.00 bits per heavy atom. The number of ether oxygens (including phenoxy) is 1. The Kier molecular flexibility index (Phi) is 9.25. The van der Waals surface area contributed by atoms with Gasteiger partial charge in [0.2, 0.25) is 0 Å².